The van der Waals surface area contributed by atoms with Gasteiger partial charge in [0.15, 0.2) is 0 Å². The second kappa shape index (κ2) is 6.01. The lowest BCUT2D eigenvalue weighted by molar-refractivity contribution is -0.120. The summed E-state index contributed by atoms with van der Waals surface area (Å²) in [6, 6.07) is 2.80. The van der Waals surface area contributed by atoms with E-state index in [1.165, 1.54) is 18.4 Å². The van der Waals surface area contributed by atoms with Gasteiger partial charge in [0.2, 0.25) is 5.91 Å². The maximum atomic E-state index is 11.4. The van der Waals surface area contributed by atoms with Crippen molar-refractivity contribution in [2.45, 2.75) is 31.7 Å². The average Bonchev–Trinajstić information content (AvgIpc) is 2.94. The third-order valence-corrected chi connectivity index (χ3v) is 3.41. The molecule has 4 heteroatoms. The molecule has 0 aliphatic heterocycles. The molecule has 1 saturated carbocycles. The third-order valence-electron chi connectivity index (χ3n) is 2.68. The molecule has 0 aromatic carbocycles. The van der Waals surface area contributed by atoms with Gasteiger partial charge < -0.3 is 10.6 Å². The molecule has 1 aliphatic rings. The first-order valence-electron chi connectivity index (χ1n) is 5.86. The van der Waals surface area contributed by atoms with E-state index in [-0.39, 0.29) is 5.91 Å². The lowest BCUT2D eigenvalue weighted by Crippen LogP contribution is -2.29. The lowest BCUT2D eigenvalue weighted by atomic mass is 10.2. The second-order valence-corrected chi connectivity index (χ2v) is 4.99. The van der Waals surface area contributed by atoms with Crippen LogP contribution < -0.4 is 10.6 Å². The quantitative estimate of drug-likeness (QED) is 0.756. The monoisotopic (exact) mass is 238 g/mol. The van der Waals surface area contributed by atoms with Gasteiger partial charge in [0, 0.05) is 25.6 Å². The van der Waals surface area contributed by atoms with Crippen molar-refractivity contribution in [2.24, 2.45) is 0 Å². The standard InChI is InChI=1S/C12H18N2OS/c15-12(4-7-13-11-1-2-11)14-6-3-10-5-8-16-9-10/h5,8-9,11,13H,1-4,6-7H2,(H,14,15). The molecule has 88 valence electrons. The summed E-state index contributed by atoms with van der Waals surface area (Å²) in [4.78, 5) is 11.4. The fourth-order valence-electron chi connectivity index (χ4n) is 1.55. The smallest absolute Gasteiger partial charge is 0.221 e. The van der Waals surface area contributed by atoms with Gasteiger partial charge in [-0.15, -0.1) is 0 Å². The van der Waals surface area contributed by atoms with Crippen LogP contribution in [0.1, 0.15) is 24.8 Å². The molecule has 1 aromatic rings. The minimum Gasteiger partial charge on any atom is -0.356 e. The highest BCUT2D eigenvalue weighted by atomic mass is 32.1. The largest absolute Gasteiger partial charge is 0.356 e. The molecule has 1 fully saturated rings. The Balaban J connectivity index is 1.49. The van der Waals surface area contributed by atoms with Crippen molar-refractivity contribution in [3.63, 3.8) is 0 Å². The van der Waals surface area contributed by atoms with Gasteiger partial charge in [0.25, 0.3) is 0 Å². The van der Waals surface area contributed by atoms with E-state index >= 15 is 0 Å². The van der Waals surface area contributed by atoms with Crippen LogP contribution in [0.4, 0.5) is 0 Å². The number of hydrogen-bond donors (Lipinski definition) is 2. The van der Waals surface area contributed by atoms with Crippen molar-refractivity contribution in [1.29, 1.82) is 0 Å². The molecule has 1 aromatic heterocycles. The summed E-state index contributed by atoms with van der Waals surface area (Å²) in [6.45, 7) is 1.56. The lowest BCUT2D eigenvalue weighted by Gasteiger charge is -2.05. The highest BCUT2D eigenvalue weighted by Crippen LogP contribution is 2.18. The Morgan fingerprint density at radius 3 is 3.00 bits per heavy atom. The number of carbonyl (C=O) groups excluding carboxylic acids is 1. The molecule has 3 nitrogen and oxygen atoms in total. The zero-order valence-electron chi connectivity index (χ0n) is 9.37. The van der Waals surface area contributed by atoms with Gasteiger partial charge in [0.1, 0.15) is 0 Å². The first-order valence-corrected chi connectivity index (χ1v) is 6.80. The van der Waals surface area contributed by atoms with Crippen molar-refractivity contribution < 1.29 is 4.79 Å². The summed E-state index contributed by atoms with van der Waals surface area (Å²) in [5.41, 5.74) is 1.31. The molecule has 0 atom stereocenters. The molecule has 16 heavy (non-hydrogen) atoms. The van der Waals surface area contributed by atoms with Gasteiger partial charge >= 0.3 is 0 Å². The van der Waals surface area contributed by atoms with Gasteiger partial charge in [-0.05, 0) is 41.7 Å². The molecule has 1 heterocycles. The van der Waals surface area contributed by atoms with E-state index in [1.54, 1.807) is 11.3 Å². The Labute approximate surface area is 100 Å². The molecule has 0 bridgehead atoms. The van der Waals surface area contributed by atoms with Gasteiger partial charge in [-0.1, -0.05) is 0 Å². The Bertz CT molecular complexity index is 320. The first-order chi connectivity index (χ1) is 7.84. The van der Waals surface area contributed by atoms with Crippen molar-refractivity contribution in [2.75, 3.05) is 13.1 Å². The second-order valence-electron chi connectivity index (χ2n) is 4.21. The maximum absolute atomic E-state index is 11.4. The van der Waals surface area contributed by atoms with Gasteiger partial charge in [-0.3, -0.25) is 4.79 Å². The predicted molar refractivity (Wildman–Crippen MR) is 66.7 cm³/mol. The average molecular weight is 238 g/mol. The Hall–Kier alpha value is -0.870. The van der Waals surface area contributed by atoms with Crippen LogP contribution in [0.25, 0.3) is 0 Å². The third kappa shape index (κ3) is 4.33. The van der Waals surface area contributed by atoms with E-state index in [1.807, 2.05) is 0 Å². The molecule has 2 rings (SSSR count). The van der Waals surface area contributed by atoms with Crippen LogP contribution in [0.2, 0.25) is 0 Å². The van der Waals surface area contributed by atoms with Gasteiger partial charge in [-0.2, -0.15) is 11.3 Å². The number of nitrogens with one attached hydrogen (secondary N) is 2. The normalized spacial score (nSPS) is 15.0. The molecular weight excluding hydrogens is 220 g/mol. The van der Waals surface area contributed by atoms with E-state index < -0.39 is 0 Å². The fourth-order valence-corrected chi connectivity index (χ4v) is 2.25. The predicted octanol–water partition coefficient (Wildman–Crippen LogP) is 1.55. The highest BCUT2D eigenvalue weighted by Gasteiger charge is 2.19. The van der Waals surface area contributed by atoms with E-state index in [9.17, 15) is 4.79 Å². The Morgan fingerprint density at radius 1 is 1.44 bits per heavy atom. The molecule has 0 unspecified atom stereocenters. The number of amides is 1. The minimum atomic E-state index is 0.156. The van der Waals surface area contributed by atoms with Crippen LogP contribution in [0.3, 0.4) is 0 Å². The summed E-state index contributed by atoms with van der Waals surface area (Å²) >= 11 is 1.70. The number of carbonyl (C=O) groups is 1. The Kier molecular flexibility index (Phi) is 4.36. The van der Waals surface area contributed by atoms with E-state index in [2.05, 4.69) is 27.5 Å². The number of hydrogen-bond acceptors (Lipinski definition) is 3. The number of thiophene rings is 1. The van der Waals surface area contributed by atoms with E-state index in [0.717, 1.165) is 19.5 Å². The summed E-state index contributed by atoms with van der Waals surface area (Å²) in [5, 5.41) is 10.5. The van der Waals surface area contributed by atoms with Crippen LogP contribution in [-0.2, 0) is 11.2 Å². The fraction of sp³-hybridized carbons (Fsp3) is 0.583. The molecule has 1 aliphatic carbocycles. The zero-order chi connectivity index (χ0) is 11.2. The van der Waals surface area contributed by atoms with Crippen LogP contribution in [0.5, 0.6) is 0 Å². The molecule has 0 spiro atoms. The molecule has 0 radical (unpaired) electrons. The maximum Gasteiger partial charge on any atom is 0.221 e. The van der Waals surface area contributed by atoms with E-state index in [4.69, 9.17) is 0 Å². The summed E-state index contributed by atoms with van der Waals surface area (Å²) in [6.07, 6.45) is 4.09. The van der Waals surface area contributed by atoms with Crippen LogP contribution >= 0.6 is 11.3 Å². The first kappa shape index (κ1) is 11.6. The Morgan fingerprint density at radius 2 is 2.31 bits per heavy atom. The van der Waals surface area contributed by atoms with Crippen molar-refractivity contribution in [3.8, 4) is 0 Å². The summed E-state index contributed by atoms with van der Waals surface area (Å²) < 4.78 is 0. The highest BCUT2D eigenvalue weighted by molar-refractivity contribution is 7.07. The minimum absolute atomic E-state index is 0.156. The molecule has 1 amide bonds. The van der Waals surface area contributed by atoms with Gasteiger partial charge in [0.05, 0.1) is 0 Å². The van der Waals surface area contributed by atoms with E-state index in [0.29, 0.717) is 12.5 Å². The molecular formula is C12H18N2OS. The van der Waals surface area contributed by atoms with Crippen molar-refractivity contribution in [3.05, 3.63) is 22.4 Å². The molecule has 0 saturated heterocycles. The topological polar surface area (TPSA) is 41.1 Å². The van der Waals surface area contributed by atoms with Crippen LogP contribution in [0.15, 0.2) is 16.8 Å². The summed E-state index contributed by atoms with van der Waals surface area (Å²) in [7, 11) is 0. The van der Waals surface area contributed by atoms with Crippen molar-refractivity contribution in [1.82, 2.24) is 10.6 Å². The SMILES string of the molecule is O=C(CCNC1CC1)NCCc1ccsc1. The molecule has 2 N–H and O–H groups in total. The number of rotatable bonds is 7. The van der Waals surface area contributed by atoms with Crippen LogP contribution in [0, 0.1) is 0 Å². The van der Waals surface area contributed by atoms with Gasteiger partial charge in [-0.25, -0.2) is 0 Å². The van der Waals surface area contributed by atoms with Crippen molar-refractivity contribution >= 4 is 17.2 Å². The summed E-state index contributed by atoms with van der Waals surface area (Å²) in [5.74, 6) is 0.156. The zero-order valence-corrected chi connectivity index (χ0v) is 10.2. The van der Waals surface area contributed by atoms with Crippen LogP contribution in [-0.4, -0.2) is 25.0 Å².